The number of hydrogen-bond donors (Lipinski definition) is 4. The van der Waals surface area contributed by atoms with Crippen LogP contribution in [0.25, 0.3) is 0 Å². The van der Waals surface area contributed by atoms with E-state index in [-0.39, 0.29) is 5.82 Å². The van der Waals surface area contributed by atoms with Crippen molar-refractivity contribution in [3.8, 4) is 0 Å². The van der Waals surface area contributed by atoms with E-state index in [1.807, 2.05) is 0 Å². The lowest BCUT2D eigenvalue weighted by Crippen LogP contribution is -2.58. The monoisotopic (exact) mass is 301 g/mol. The molecular weight excluding hydrogens is 285 g/mol. The summed E-state index contributed by atoms with van der Waals surface area (Å²) in [4.78, 5) is 4.90. The Morgan fingerprint density at radius 1 is 1.14 bits per heavy atom. The predicted octanol–water partition coefficient (Wildman–Crippen LogP) is -1.02. The number of ether oxygens (including phenoxy) is 1. The van der Waals surface area contributed by atoms with Crippen molar-refractivity contribution in [1.82, 2.24) is 0 Å². The summed E-state index contributed by atoms with van der Waals surface area (Å²) in [6.07, 6.45) is -5.63. The molecule has 0 saturated carbocycles. The maximum atomic E-state index is 12.7. The van der Waals surface area contributed by atoms with Gasteiger partial charge < -0.3 is 30.0 Å². The zero-order valence-electron chi connectivity index (χ0n) is 10.9. The fraction of sp³-hybridized carbons (Fsp3) is 0.462. The summed E-state index contributed by atoms with van der Waals surface area (Å²) in [5.74, 6) is -0.387. The highest BCUT2D eigenvalue weighted by molar-refractivity contribution is 5.78. The molecule has 1 fully saturated rings. The van der Waals surface area contributed by atoms with Crippen LogP contribution in [0, 0.1) is 5.82 Å². The topological polar surface area (TPSA) is 112 Å². The maximum absolute atomic E-state index is 12.7. The first-order chi connectivity index (χ1) is 10.0. The van der Waals surface area contributed by atoms with Gasteiger partial charge in [0.1, 0.15) is 30.2 Å². The van der Waals surface area contributed by atoms with Crippen LogP contribution < -0.4 is 0 Å². The van der Waals surface area contributed by atoms with Crippen LogP contribution in [-0.2, 0) is 9.57 Å². The highest BCUT2D eigenvalue weighted by Crippen LogP contribution is 2.21. The minimum absolute atomic E-state index is 0.387. The molecule has 1 heterocycles. The Morgan fingerprint density at radius 3 is 2.43 bits per heavy atom. The Hall–Kier alpha value is -1.58. The molecule has 5 atom stereocenters. The number of halogens is 1. The summed E-state index contributed by atoms with van der Waals surface area (Å²) in [5.41, 5.74) is 0.556. The number of oxime groups is 1. The van der Waals surface area contributed by atoms with Crippen LogP contribution in [0.1, 0.15) is 5.56 Å². The van der Waals surface area contributed by atoms with Gasteiger partial charge in [0.2, 0.25) is 0 Å². The second kappa shape index (κ2) is 6.92. The number of rotatable bonds is 4. The highest BCUT2D eigenvalue weighted by atomic mass is 19.1. The van der Waals surface area contributed by atoms with Crippen LogP contribution in [0.5, 0.6) is 0 Å². The molecule has 0 aliphatic carbocycles. The second-order valence-electron chi connectivity index (χ2n) is 4.59. The van der Waals surface area contributed by atoms with E-state index in [0.29, 0.717) is 5.56 Å². The van der Waals surface area contributed by atoms with Crippen LogP contribution in [0.4, 0.5) is 4.39 Å². The molecule has 21 heavy (non-hydrogen) atoms. The lowest BCUT2D eigenvalue weighted by molar-refractivity contribution is -0.301. The lowest BCUT2D eigenvalue weighted by atomic mass is 9.99. The van der Waals surface area contributed by atoms with Gasteiger partial charge in [-0.3, -0.25) is 0 Å². The van der Waals surface area contributed by atoms with Crippen molar-refractivity contribution < 1.29 is 34.4 Å². The molecule has 3 unspecified atom stereocenters. The lowest BCUT2D eigenvalue weighted by Gasteiger charge is -2.38. The average molecular weight is 301 g/mol. The molecule has 1 saturated heterocycles. The summed E-state index contributed by atoms with van der Waals surface area (Å²) >= 11 is 0. The molecule has 0 spiro atoms. The Kier molecular flexibility index (Phi) is 5.21. The molecule has 0 amide bonds. The van der Waals surface area contributed by atoms with E-state index in [2.05, 4.69) is 5.16 Å². The minimum Gasteiger partial charge on any atom is -0.394 e. The van der Waals surface area contributed by atoms with E-state index in [0.717, 1.165) is 0 Å². The van der Waals surface area contributed by atoms with Crippen molar-refractivity contribution in [3.05, 3.63) is 35.6 Å². The molecule has 8 heteroatoms. The highest BCUT2D eigenvalue weighted by Gasteiger charge is 2.44. The van der Waals surface area contributed by atoms with E-state index in [4.69, 9.17) is 14.7 Å². The van der Waals surface area contributed by atoms with Gasteiger partial charge in [0.05, 0.1) is 12.8 Å². The molecule has 1 aliphatic rings. The van der Waals surface area contributed by atoms with Crippen LogP contribution in [0.15, 0.2) is 29.4 Å². The maximum Gasteiger partial charge on any atom is 0.256 e. The van der Waals surface area contributed by atoms with Crippen LogP contribution in [0.2, 0.25) is 0 Å². The van der Waals surface area contributed by atoms with Gasteiger partial charge in [-0.1, -0.05) is 17.3 Å². The van der Waals surface area contributed by atoms with Gasteiger partial charge in [0.15, 0.2) is 0 Å². The predicted molar refractivity (Wildman–Crippen MR) is 68.8 cm³/mol. The number of aliphatic hydroxyl groups is 4. The number of benzene rings is 1. The first-order valence-corrected chi connectivity index (χ1v) is 6.28. The van der Waals surface area contributed by atoms with Crippen molar-refractivity contribution in [2.24, 2.45) is 5.16 Å². The number of hydrogen-bond acceptors (Lipinski definition) is 7. The molecular formula is C13H16FNO6. The van der Waals surface area contributed by atoms with E-state index in [9.17, 15) is 19.7 Å². The van der Waals surface area contributed by atoms with Gasteiger partial charge in [0.25, 0.3) is 6.29 Å². The van der Waals surface area contributed by atoms with Crippen molar-refractivity contribution in [2.75, 3.05) is 6.61 Å². The van der Waals surface area contributed by atoms with Crippen LogP contribution in [-0.4, -0.2) is 64.0 Å². The second-order valence-corrected chi connectivity index (χ2v) is 4.59. The summed E-state index contributed by atoms with van der Waals surface area (Å²) < 4.78 is 17.8. The fourth-order valence-corrected chi connectivity index (χ4v) is 1.85. The summed E-state index contributed by atoms with van der Waals surface area (Å²) in [7, 11) is 0. The van der Waals surface area contributed by atoms with Gasteiger partial charge in [-0.2, -0.15) is 0 Å². The molecule has 7 nitrogen and oxygen atoms in total. The average Bonchev–Trinajstić information content (AvgIpc) is 2.49. The first-order valence-electron chi connectivity index (χ1n) is 6.28. The molecule has 1 aromatic rings. The summed E-state index contributed by atoms with van der Waals surface area (Å²) in [5, 5.41) is 41.4. The third kappa shape index (κ3) is 3.74. The Morgan fingerprint density at radius 2 is 1.81 bits per heavy atom. The van der Waals surface area contributed by atoms with Gasteiger partial charge in [-0.15, -0.1) is 0 Å². The van der Waals surface area contributed by atoms with Crippen molar-refractivity contribution in [2.45, 2.75) is 30.7 Å². The molecule has 4 N–H and O–H groups in total. The molecule has 0 radical (unpaired) electrons. The van der Waals surface area contributed by atoms with E-state index in [1.165, 1.54) is 30.5 Å². The summed E-state index contributed by atoms with van der Waals surface area (Å²) in [6, 6.07) is 5.43. The number of aliphatic hydroxyl groups excluding tert-OH is 4. The standard InChI is InChI=1S/C13H16FNO6/c14-8-3-1-7(2-4-8)5-15-21-13-12(19)11(18)10(17)9(6-16)20-13/h1-5,9-13,16-19H,6H2/b15-5+/t9?,10?,11-,12?,13-/m0/s1. The molecule has 2 rings (SSSR count). The van der Waals surface area contributed by atoms with Gasteiger partial charge in [-0.25, -0.2) is 4.39 Å². The van der Waals surface area contributed by atoms with Gasteiger partial charge in [-0.05, 0) is 17.7 Å². The normalized spacial score (nSPS) is 33.3. The quantitative estimate of drug-likeness (QED) is 0.418. The van der Waals surface area contributed by atoms with Crippen molar-refractivity contribution >= 4 is 6.21 Å². The summed E-state index contributed by atoms with van der Waals surface area (Å²) in [6.45, 7) is -0.549. The third-order valence-corrected chi connectivity index (χ3v) is 3.08. The molecule has 1 aromatic carbocycles. The Balaban J connectivity index is 1.96. The SMILES string of the molecule is OCC1O[C@@H](O/N=C/c2ccc(F)cc2)C(O)[C@@H](O)C1O. The smallest absolute Gasteiger partial charge is 0.256 e. The van der Waals surface area contributed by atoms with Gasteiger partial charge in [0, 0.05) is 0 Å². The van der Waals surface area contributed by atoms with Crippen molar-refractivity contribution in [1.29, 1.82) is 0 Å². The third-order valence-electron chi connectivity index (χ3n) is 3.08. The zero-order valence-corrected chi connectivity index (χ0v) is 10.9. The van der Waals surface area contributed by atoms with E-state index in [1.54, 1.807) is 0 Å². The largest absolute Gasteiger partial charge is 0.394 e. The molecule has 0 aromatic heterocycles. The molecule has 116 valence electrons. The van der Waals surface area contributed by atoms with Gasteiger partial charge >= 0.3 is 0 Å². The van der Waals surface area contributed by atoms with Crippen LogP contribution in [0.3, 0.4) is 0 Å². The van der Waals surface area contributed by atoms with E-state index >= 15 is 0 Å². The fourth-order valence-electron chi connectivity index (χ4n) is 1.85. The Bertz CT molecular complexity index is 480. The molecule has 0 bridgehead atoms. The zero-order chi connectivity index (χ0) is 15.4. The van der Waals surface area contributed by atoms with Crippen LogP contribution >= 0.6 is 0 Å². The first kappa shape index (κ1) is 15.8. The van der Waals surface area contributed by atoms with Crippen molar-refractivity contribution in [3.63, 3.8) is 0 Å². The molecule has 1 aliphatic heterocycles. The Labute approximate surface area is 119 Å². The van der Waals surface area contributed by atoms with E-state index < -0.39 is 37.3 Å². The minimum atomic E-state index is -1.53. The number of nitrogens with zero attached hydrogens (tertiary/aromatic N) is 1.